The molecule has 1 atom stereocenters. The second kappa shape index (κ2) is 5.48. The van der Waals surface area contributed by atoms with Gasteiger partial charge in [0.05, 0.1) is 17.4 Å². The van der Waals surface area contributed by atoms with Gasteiger partial charge in [-0.1, -0.05) is 12.1 Å². The van der Waals surface area contributed by atoms with Crippen molar-refractivity contribution >= 4 is 11.7 Å². The summed E-state index contributed by atoms with van der Waals surface area (Å²) in [5, 5.41) is 12.0. The lowest BCUT2D eigenvalue weighted by molar-refractivity contribution is 0.0693. The Morgan fingerprint density at radius 2 is 2.11 bits per heavy atom. The summed E-state index contributed by atoms with van der Waals surface area (Å²) in [4.78, 5) is 15.2. The standard InChI is InChI=1S/C14H13FN2O2/c1-9(11-6-2-3-8-16-11)17-12-7-4-5-10(15)13(12)14(18)19/h2-9,17H,1H3,(H,18,19). The summed E-state index contributed by atoms with van der Waals surface area (Å²) in [5.74, 6) is -2.06. The highest BCUT2D eigenvalue weighted by Crippen LogP contribution is 2.23. The van der Waals surface area contributed by atoms with Gasteiger partial charge in [0.2, 0.25) is 0 Å². The number of hydrogen-bond donors (Lipinski definition) is 2. The van der Waals surface area contributed by atoms with Crippen molar-refractivity contribution in [3.63, 3.8) is 0 Å². The average Bonchev–Trinajstić information content (AvgIpc) is 2.39. The molecular weight excluding hydrogens is 247 g/mol. The minimum absolute atomic E-state index is 0.221. The van der Waals surface area contributed by atoms with E-state index in [2.05, 4.69) is 10.3 Å². The van der Waals surface area contributed by atoms with Gasteiger partial charge in [-0.15, -0.1) is 0 Å². The van der Waals surface area contributed by atoms with Gasteiger partial charge in [-0.3, -0.25) is 4.98 Å². The van der Waals surface area contributed by atoms with Crippen LogP contribution in [-0.2, 0) is 0 Å². The summed E-state index contributed by atoms with van der Waals surface area (Å²) in [6.45, 7) is 1.83. The minimum atomic E-state index is -1.30. The van der Waals surface area contributed by atoms with Crippen LogP contribution >= 0.6 is 0 Å². The van der Waals surface area contributed by atoms with Gasteiger partial charge in [0.25, 0.3) is 0 Å². The first kappa shape index (κ1) is 13.0. The van der Waals surface area contributed by atoms with Crippen molar-refractivity contribution in [3.8, 4) is 0 Å². The molecule has 0 aliphatic heterocycles. The van der Waals surface area contributed by atoms with E-state index in [9.17, 15) is 9.18 Å². The zero-order valence-electron chi connectivity index (χ0n) is 10.3. The summed E-state index contributed by atoms with van der Waals surface area (Å²) >= 11 is 0. The van der Waals surface area contributed by atoms with Crippen LogP contribution in [0.25, 0.3) is 0 Å². The van der Waals surface area contributed by atoms with Crippen molar-refractivity contribution in [1.82, 2.24) is 4.98 Å². The maximum atomic E-state index is 13.5. The van der Waals surface area contributed by atoms with Gasteiger partial charge in [0.15, 0.2) is 0 Å². The average molecular weight is 260 g/mol. The van der Waals surface area contributed by atoms with Crippen molar-refractivity contribution in [3.05, 3.63) is 59.7 Å². The normalized spacial score (nSPS) is 11.9. The maximum absolute atomic E-state index is 13.5. The molecule has 5 heteroatoms. The Balaban J connectivity index is 2.29. The van der Waals surface area contributed by atoms with Crippen LogP contribution in [0.3, 0.4) is 0 Å². The fourth-order valence-corrected chi connectivity index (χ4v) is 1.80. The fourth-order valence-electron chi connectivity index (χ4n) is 1.80. The van der Waals surface area contributed by atoms with Crippen LogP contribution in [0.2, 0.25) is 0 Å². The summed E-state index contributed by atoms with van der Waals surface area (Å²) in [6.07, 6.45) is 1.65. The number of aromatic carboxylic acids is 1. The number of rotatable bonds is 4. The van der Waals surface area contributed by atoms with Gasteiger partial charge in [-0.25, -0.2) is 9.18 Å². The number of halogens is 1. The third kappa shape index (κ3) is 2.88. The third-order valence-corrected chi connectivity index (χ3v) is 2.73. The SMILES string of the molecule is CC(Nc1cccc(F)c1C(=O)O)c1ccccn1. The summed E-state index contributed by atoms with van der Waals surface area (Å²) in [7, 11) is 0. The Morgan fingerprint density at radius 3 is 2.74 bits per heavy atom. The zero-order chi connectivity index (χ0) is 13.8. The van der Waals surface area contributed by atoms with Crippen LogP contribution in [0.4, 0.5) is 10.1 Å². The lowest BCUT2D eigenvalue weighted by Crippen LogP contribution is -2.13. The highest BCUT2D eigenvalue weighted by molar-refractivity contribution is 5.94. The second-order valence-corrected chi connectivity index (χ2v) is 4.09. The third-order valence-electron chi connectivity index (χ3n) is 2.73. The van der Waals surface area contributed by atoms with Gasteiger partial charge < -0.3 is 10.4 Å². The molecule has 4 nitrogen and oxygen atoms in total. The van der Waals surface area contributed by atoms with Crippen LogP contribution in [-0.4, -0.2) is 16.1 Å². The number of anilines is 1. The van der Waals surface area contributed by atoms with E-state index in [0.29, 0.717) is 0 Å². The number of benzene rings is 1. The predicted octanol–water partition coefficient (Wildman–Crippen LogP) is 3.09. The molecule has 2 rings (SSSR count). The highest BCUT2D eigenvalue weighted by atomic mass is 19.1. The molecule has 0 amide bonds. The molecule has 19 heavy (non-hydrogen) atoms. The lowest BCUT2D eigenvalue weighted by atomic mass is 10.1. The zero-order valence-corrected chi connectivity index (χ0v) is 10.3. The highest BCUT2D eigenvalue weighted by Gasteiger charge is 2.17. The first-order valence-electron chi connectivity index (χ1n) is 5.79. The Hall–Kier alpha value is -2.43. The molecular formula is C14H13FN2O2. The van der Waals surface area contributed by atoms with Crippen molar-refractivity contribution in [1.29, 1.82) is 0 Å². The Kier molecular flexibility index (Phi) is 3.75. The largest absolute Gasteiger partial charge is 0.478 e. The molecule has 1 unspecified atom stereocenters. The first-order valence-corrected chi connectivity index (χ1v) is 5.79. The summed E-state index contributed by atoms with van der Waals surface area (Å²) < 4.78 is 13.5. The number of carboxylic acids is 1. The van der Waals surface area contributed by atoms with Gasteiger partial charge in [0.1, 0.15) is 11.4 Å². The number of hydrogen-bond acceptors (Lipinski definition) is 3. The minimum Gasteiger partial charge on any atom is -0.478 e. The van der Waals surface area contributed by atoms with Crippen molar-refractivity contribution in [2.75, 3.05) is 5.32 Å². The number of carbonyl (C=O) groups is 1. The molecule has 0 bridgehead atoms. The maximum Gasteiger partial charge on any atom is 0.340 e. The summed E-state index contributed by atoms with van der Waals surface area (Å²) in [5.41, 5.74) is 0.638. The van der Waals surface area contributed by atoms with Gasteiger partial charge in [-0.05, 0) is 31.2 Å². The van der Waals surface area contributed by atoms with E-state index in [1.807, 2.05) is 19.1 Å². The number of carboxylic acid groups (broad SMARTS) is 1. The van der Waals surface area contributed by atoms with Crippen LogP contribution in [0, 0.1) is 5.82 Å². The Morgan fingerprint density at radius 1 is 1.32 bits per heavy atom. The van der Waals surface area contributed by atoms with Gasteiger partial charge in [-0.2, -0.15) is 0 Å². The molecule has 0 saturated carbocycles. The van der Waals surface area contributed by atoms with Crippen molar-refractivity contribution in [2.24, 2.45) is 0 Å². The molecule has 0 radical (unpaired) electrons. The number of nitrogens with one attached hydrogen (secondary N) is 1. The van der Waals surface area contributed by atoms with Crippen LogP contribution < -0.4 is 5.32 Å². The molecule has 1 aromatic carbocycles. The van der Waals surface area contributed by atoms with E-state index >= 15 is 0 Å². The molecule has 98 valence electrons. The first-order chi connectivity index (χ1) is 9.09. The van der Waals surface area contributed by atoms with Crippen LogP contribution in [0.1, 0.15) is 29.0 Å². The molecule has 0 aliphatic rings. The monoisotopic (exact) mass is 260 g/mol. The topological polar surface area (TPSA) is 62.2 Å². The van der Waals surface area contributed by atoms with Gasteiger partial charge >= 0.3 is 5.97 Å². The summed E-state index contributed by atoms with van der Waals surface area (Å²) in [6, 6.07) is 9.35. The van der Waals surface area contributed by atoms with E-state index in [1.165, 1.54) is 12.1 Å². The molecule has 0 spiro atoms. The van der Waals surface area contributed by atoms with E-state index in [0.717, 1.165) is 11.8 Å². The van der Waals surface area contributed by atoms with E-state index in [-0.39, 0.29) is 17.3 Å². The molecule has 1 heterocycles. The second-order valence-electron chi connectivity index (χ2n) is 4.09. The molecule has 0 saturated heterocycles. The predicted molar refractivity (Wildman–Crippen MR) is 69.6 cm³/mol. The molecule has 0 aliphatic carbocycles. The van der Waals surface area contributed by atoms with Crippen molar-refractivity contribution in [2.45, 2.75) is 13.0 Å². The van der Waals surface area contributed by atoms with Crippen molar-refractivity contribution < 1.29 is 14.3 Å². The lowest BCUT2D eigenvalue weighted by Gasteiger charge is -2.16. The molecule has 2 N–H and O–H groups in total. The number of aromatic nitrogens is 1. The van der Waals surface area contributed by atoms with E-state index in [1.54, 1.807) is 12.3 Å². The number of pyridine rings is 1. The molecule has 2 aromatic rings. The van der Waals surface area contributed by atoms with Crippen LogP contribution in [0.5, 0.6) is 0 Å². The number of nitrogens with zero attached hydrogens (tertiary/aromatic N) is 1. The Labute approximate surface area is 109 Å². The van der Waals surface area contributed by atoms with E-state index < -0.39 is 11.8 Å². The van der Waals surface area contributed by atoms with Crippen LogP contribution in [0.15, 0.2) is 42.6 Å². The molecule has 1 aromatic heterocycles. The smallest absolute Gasteiger partial charge is 0.340 e. The van der Waals surface area contributed by atoms with Gasteiger partial charge in [0, 0.05) is 6.20 Å². The fraction of sp³-hybridized carbons (Fsp3) is 0.143. The quantitative estimate of drug-likeness (QED) is 0.886. The van der Waals surface area contributed by atoms with E-state index in [4.69, 9.17) is 5.11 Å². The molecule has 0 fully saturated rings. The Bertz CT molecular complexity index is 587.